The van der Waals surface area contributed by atoms with Crippen LogP contribution in [0.1, 0.15) is 0 Å². The summed E-state index contributed by atoms with van der Waals surface area (Å²) >= 11 is 3.54. The number of rotatable bonds is 3. The van der Waals surface area contributed by atoms with E-state index in [0.717, 1.165) is 10.2 Å². The minimum atomic E-state index is -3.46. The van der Waals surface area contributed by atoms with Gasteiger partial charge in [0.05, 0.1) is 10.6 Å². The van der Waals surface area contributed by atoms with Crippen molar-refractivity contribution in [3.05, 3.63) is 53.0 Å². The van der Waals surface area contributed by atoms with Crippen LogP contribution in [0.25, 0.3) is 0 Å². The molecule has 0 bridgehead atoms. The third kappa shape index (κ3) is 3.36. The highest BCUT2D eigenvalue weighted by atomic mass is 79.9. The van der Waals surface area contributed by atoms with Gasteiger partial charge in [-0.15, -0.1) is 0 Å². The fourth-order valence-corrected chi connectivity index (χ4v) is 4.62. The number of nitrogen functional groups attached to an aromatic ring is 1. The van der Waals surface area contributed by atoms with Crippen molar-refractivity contribution in [2.24, 2.45) is 0 Å². The minimum Gasteiger partial charge on any atom is -0.399 e. The first-order chi connectivity index (χ1) is 11.0. The number of sulfonamides is 1. The monoisotopic (exact) mass is 395 g/mol. The Balaban J connectivity index is 1.74. The molecular formula is C16H18BrN3O2S. The van der Waals surface area contributed by atoms with Crippen LogP contribution in [-0.4, -0.2) is 38.9 Å². The summed E-state index contributed by atoms with van der Waals surface area (Å²) < 4.78 is 27.9. The number of halogens is 1. The van der Waals surface area contributed by atoms with Crippen molar-refractivity contribution in [1.82, 2.24) is 4.31 Å². The van der Waals surface area contributed by atoms with E-state index in [0.29, 0.717) is 36.8 Å². The third-order valence-corrected chi connectivity index (χ3v) is 6.53. The number of benzene rings is 2. The molecule has 1 fully saturated rings. The zero-order valence-electron chi connectivity index (χ0n) is 12.5. The second kappa shape index (κ2) is 6.51. The third-order valence-electron chi connectivity index (χ3n) is 3.95. The zero-order chi connectivity index (χ0) is 16.4. The summed E-state index contributed by atoms with van der Waals surface area (Å²) in [6.45, 7) is 2.26. The van der Waals surface area contributed by atoms with Crippen molar-refractivity contribution in [1.29, 1.82) is 0 Å². The quantitative estimate of drug-likeness (QED) is 0.810. The molecule has 0 amide bonds. The lowest BCUT2D eigenvalue weighted by atomic mass is 10.2. The van der Waals surface area contributed by atoms with Crippen molar-refractivity contribution < 1.29 is 8.42 Å². The molecule has 7 heteroatoms. The van der Waals surface area contributed by atoms with Gasteiger partial charge >= 0.3 is 0 Å². The number of hydrogen-bond donors (Lipinski definition) is 1. The molecule has 0 radical (unpaired) electrons. The van der Waals surface area contributed by atoms with Gasteiger partial charge in [-0.2, -0.15) is 4.31 Å². The molecule has 23 heavy (non-hydrogen) atoms. The maximum atomic E-state index is 12.7. The molecule has 3 rings (SSSR count). The average molecular weight is 396 g/mol. The molecule has 0 atom stereocenters. The van der Waals surface area contributed by atoms with E-state index in [1.165, 1.54) is 4.31 Å². The first-order valence-electron chi connectivity index (χ1n) is 7.33. The predicted octanol–water partition coefficient (Wildman–Crippen LogP) is 2.54. The van der Waals surface area contributed by atoms with Gasteiger partial charge in [0.15, 0.2) is 0 Å². The minimum absolute atomic E-state index is 0.293. The first kappa shape index (κ1) is 16.3. The highest BCUT2D eigenvalue weighted by Crippen LogP contribution is 2.27. The van der Waals surface area contributed by atoms with E-state index in [-0.39, 0.29) is 0 Å². The van der Waals surface area contributed by atoms with Crippen LogP contribution in [0, 0.1) is 0 Å². The Bertz CT molecular complexity index is 785. The van der Waals surface area contributed by atoms with E-state index in [9.17, 15) is 8.42 Å². The largest absolute Gasteiger partial charge is 0.399 e. The number of nitrogens with zero attached hydrogens (tertiary/aromatic N) is 2. The Morgan fingerprint density at radius 3 is 2.13 bits per heavy atom. The van der Waals surface area contributed by atoms with Gasteiger partial charge in [0.1, 0.15) is 0 Å². The molecule has 0 spiro atoms. The number of hydrogen-bond acceptors (Lipinski definition) is 4. The summed E-state index contributed by atoms with van der Waals surface area (Å²) in [6.07, 6.45) is 0. The molecular weight excluding hydrogens is 378 g/mol. The van der Waals surface area contributed by atoms with Crippen LogP contribution in [0.2, 0.25) is 0 Å². The molecule has 1 heterocycles. The van der Waals surface area contributed by atoms with E-state index < -0.39 is 10.0 Å². The maximum absolute atomic E-state index is 12.7. The number of piperazine rings is 1. The van der Waals surface area contributed by atoms with Crippen LogP contribution < -0.4 is 10.6 Å². The second-order valence-electron chi connectivity index (χ2n) is 5.41. The number of nitrogens with two attached hydrogens (primary N) is 1. The highest BCUT2D eigenvalue weighted by Gasteiger charge is 2.28. The van der Waals surface area contributed by atoms with Crippen LogP contribution in [0.15, 0.2) is 57.9 Å². The van der Waals surface area contributed by atoms with Crippen LogP contribution in [0.5, 0.6) is 0 Å². The Morgan fingerprint density at radius 2 is 1.52 bits per heavy atom. The maximum Gasteiger partial charge on any atom is 0.243 e. The summed E-state index contributed by atoms with van der Waals surface area (Å²) in [6, 6.07) is 14.3. The molecule has 2 aromatic carbocycles. The fraction of sp³-hybridized carbons (Fsp3) is 0.250. The smallest absolute Gasteiger partial charge is 0.243 e. The Labute approximate surface area is 144 Å². The fourth-order valence-electron chi connectivity index (χ4n) is 2.67. The molecule has 122 valence electrons. The van der Waals surface area contributed by atoms with Gasteiger partial charge in [0.2, 0.25) is 10.0 Å². The Morgan fingerprint density at radius 1 is 0.913 bits per heavy atom. The van der Waals surface area contributed by atoms with Gasteiger partial charge in [-0.1, -0.05) is 12.1 Å². The van der Waals surface area contributed by atoms with Crippen molar-refractivity contribution in [2.75, 3.05) is 36.8 Å². The van der Waals surface area contributed by atoms with Crippen molar-refractivity contribution >= 4 is 37.3 Å². The number of anilines is 2. The normalized spacial score (nSPS) is 16.5. The van der Waals surface area contributed by atoms with Gasteiger partial charge < -0.3 is 10.6 Å². The summed E-state index contributed by atoms with van der Waals surface area (Å²) in [5.74, 6) is 0. The average Bonchev–Trinajstić information content (AvgIpc) is 2.56. The Kier molecular flexibility index (Phi) is 4.61. The van der Waals surface area contributed by atoms with Gasteiger partial charge in [-0.3, -0.25) is 0 Å². The standard InChI is InChI=1S/C16H18BrN3O2S/c17-15-3-1-2-4-16(15)19-9-11-20(12-10-19)23(21,22)14-7-5-13(18)6-8-14/h1-8H,9-12,18H2. The lowest BCUT2D eigenvalue weighted by Gasteiger charge is -2.35. The lowest BCUT2D eigenvalue weighted by molar-refractivity contribution is 0.385. The molecule has 0 unspecified atom stereocenters. The second-order valence-corrected chi connectivity index (χ2v) is 8.20. The first-order valence-corrected chi connectivity index (χ1v) is 9.57. The molecule has 2 N–H and O–H groups in total. The van der Waals surface area contributed by atoms with Gasteiger partial charge in [-0.25, -0.2) is 8.42 Å². The summed E-state index contributed by atoms with van der Waals surface area (Å²) in [5.41, 5.74) is 7.28. The molecule has 1 aliphatic rings. The topological polar surface area (TPSA) is 66.6 Å². The Hall–Kier alpha value is -1.57. The van der Waals surface area contributed by atoms with Crippen LogP contribution in [-0.2, 0) is 10.0 Å². The van der Waals surface area contributed by atoms with Gasteiger partial charge in [0.25, 0.3) is 0 Å². The molecule has 0 aliphatic carbocycles. The molecule has 0 aromatic heterocycles. The van der Waals surface area contributed by atoms with E-state index in [2.05, 4.69) is 20.8 Å². The predicted molar refractivity (Wildman–Crippen MR) is 96.0 cm³/mol. The number of para-hydroxylation sites is 1. The lowest BCUT2D eigenvalue weighted by Crippen LogP contribution is -2.48. The van der Waals surface area contributed by atoms with Crippen molar-refractivity contribution in [3.8, 4) is 0 Å². The van der Waals surface area contributed by atoms with Crippen molar-refractivity contribution in [3.63, 3.8) is 0 Å². The summed E-state index contributed by atoms with van der Waals surface area (Å²) in [7, 11) is -3.46. The molecule has 0 saturated carbocycles. The molecule has 2 aromatic rings. The van der Waals surface area contributed by atoms with E-state index in [1.807, 2.05) is 24.3 Å². The van der Waals surface area contributed by atoms with Crippen LogP contribution >= 0.6 is 15.9 Å². The van der Waals surface area contributed by atoms with Gasteiger partial charge in [0, 0.05) is 36.3 Å². The zero-order valence-corrected chi connectivity index (χ0v) is 14.9. The van der Waals surface area contributed by atoms with E-state index >= 15 is 0 Å². The highest BCUT2D eigenvalue weighted by molar-refractivity contribution is 9.10. The summed E-state index contributed by atoms with van der Waals surface area (Å²) in [4.78, 5) is 2.49. The molecule has 1 saturated heterocycles. The molecule has 5 nitrogen and oxygen atoms in total. The van der Waals surface area contributed by atoms with E-state index in [4.69, 9.17) is 5.73 Å². The summed E-state index contributed by atoms with van der Waals surface area (Å²) in [5, 5.41) is 0. The van der Waals surface area contributed by atoms with Gasteiger partial charge in [-0.05, 0) is 52.3 Å². The van der Waals surface area contributed by atoms with Crippen LogP contribution in [0.3, 0.4) is 0 Å². The SMILES string of the molecule is Nc1ccc(S(=O)(=O)N2CCN(c3ccccc3Br)CC2)cc1. The molecule has 1 aliphatic heterocycles. The van der Waals surface area contributed by atoms with E-state index in [1.54, 1.807) is 24.3 Å². The van der Waals surface area contributed by atoms with Crippen LogP contribution in [0.4, 0.5) is 11.4 Å². The van der Waals surface area contributed by atoms with Crippen molar-refractivity contribution in [2.45, 2.75) is 4.90 Å².